The number of hydrogen-bond donors (Lipinski definition) is 1. The third-order valence-electron chi connectivity index (χ3n) is 4.48. The third kappa shape index (κ3) is 4.26. The number of hydrogen-bond acceptors (Lipinski definition) is 3. The fourth-order valence-electron chi connectivity index (χ4n) is 2.92. The van der Waals surface area contributed by atoms with Crippen molar-refractivity contribution in [2.45, 2.75) is 31.7 Å². The van der Waals surface area contributed by atoms with E-state index in [0.717, 1.165) is 18.4 Å². The van der Waals surface area contributed by atoms with Gasteiger partial charge in [-0.05, 0) is 42.5 Å². The molecule has 0 radical (unpaired) electrons. The Morgan fingerprint density at radius 1 is 1.36 bits per heavy atom. The molecule has 1 aromatic carbocycles. The van der Waals surface area contributed by atoms with Crippen LogP contribution in [0.25, 0.3) is 0 Å². The van der Waals surface area contributed by atoms with Crippen LogP contribution in [-0.4, -0.2) is 17.7 Å². The minimum absolute atomic E-state index is 0.110. The van der Waals surface area contributed by atoms with Gasteiger partial charge in [0.25, 0.3) is 5.56 Å². The van der Waals surface area contributed by atoms with Crippen LogP contribution in [0.3, 0.4) is 0 Å². The highest BCUT2D eigenvalue weighted by atomic mass is 19.1. The second-order valence-electron chi connectivity index (χ2n) is 6.31. The molecule has 1 heterocycles. The molecule has 0 spiro atoms. The van der Waals surface area contributed by atoms with E-state index >= 15 is 0 Å². The Balaban J connectivity index is 1.94. The zero-order chi connectivity index (χ0) is 17.8. The fourth-order valence-corrected chi connectivity index (χ4v) is 2.92. The van der Waals surface area contributed by atoms with Gasteiger partial charge in [-0.1, -0.05) is 25.0 Å². The Kier molecular flexibility index (Phi) is 5.16. The van der Waals surface area contributed by atoms with Gasteiger partial charge in [-0.3, -0.25) is 4.79 Å². The van der Waals surface area contributed by atoms with E-state index in [9.17, 15) is 14.0 Å². The monoisotopic (exact) mass is 344 g/mol. The van der Waals surface area contributed by atoms with Crippen LogP contribution in [0.1, 0.15) is 37.3 Å². The van der Waals surface area contributed by atoms with Crippen LogP contribution >= 0.6 is 0 Å². The van der Waals surface area contributed by atoms with E-state index in [1.807, 2.05) is 0 Å². The second kappa shape index (κ2) is 7.51. The number of nitrogens with one attached hydrogen (secondary N) is 1. The molecule has 1 N–H and O–H groups in total. The minimum Gasteiger partial charge on any atom is -0.407 e. The molecule has 1 aliphatic rings. The van der Waals surface area contributed by atoms with E-state index in [1.54, 1.807) is 29.0 Å². The summed E-state index contributed by atoms with van der Waals surface area (Å²) in [5, 5.41) is 2.30. The lowest BCUT2D eigenvalue weighted by atomic mass is 9.99. The molecule has 3 rings (SSSR count). The number of pyridine rings is 1. The molecular weight excluding hydrogens is 323 g/mol. The summed E-state index contributed by atoms with van der Waals surface area (Å²) in [5.74, 6) is -0.0464. The van der Waals surface area contributed by atoms with Crippen LogP contribution in [0, 0.1) is 11.7 Å². The number of aromatic nitrogens is 1. The molecule has 2 aromatic rings. The minimum atomic E-state index is -0.734. The molecule has 6 heteroatoms. The number of ether oxygens (including phenoxy) is 1. The van der Waals surface area contributed by atoms with Gasteiger partial charge in [0, 0.05) is 19.3 Å². The predicted molar refractivity (Wildman–Crippen MR) is 92.3 cm³/mol. The molecule has 1 amide bonds. The van der Waals surface area contributed by atoms with Crippen LogP contribution in [0.15, 0.2) is 47.4 Å². The highest BCUT2D eigenvalue weighted by Crippen LogP contribution is 2.37. The summed E-state index contributed by atoms with van der Waals surface area (Å²) in [6.45, 7) is 0. The average molecular weight is 344 g/mol. The molecule has 132 valence electrons. The largest absolute Gasteiger partial charge is 0.412 e. The first-order valence-electron chi connectivity index (χ1n) is 8.44. The number of nitrogens with zero attached hydrogens (tertiary/aromatic N) is 1. The molecule has 0 aliphatic heterocycles. The van der Waals surface area contributed by atoms with Gasteiger partial charge < -0.3 is 14.6 Å². The average Bonchev–Trinajstić information content (AvgIpc) is 3.43. The Hall–Kier alpha value is -2.63. The molecule has 1 aromatic heterocycles. The van der Waals surface area contributed by atoms with Gasteiger partial charge in [0.15, 0.2) is 11.6 Å². The number of rotatable bonds is 6. The molecular formula is C19H21FN2O3. The highest BCUT2D eigenvalue weighted by Gasteiger charge is 2.25. The molecule has 1 fully saturated rings. The molecule has 1 saturated carbocycles. The fraction of sp³-hybridized carbons (Fsp3) is 0.368. The van der Waals surface area contributed by atoms with Crippen LogP contribution < -0.4 is 15.6 Å². The first-order valence-corrected chi connectivity index (χ1v) is 8.44. The standard InChI is InChI=1S/C19H21FN2O3/c1-21-19(24)25-17-12-14(8-9-15(17)20)16(10-7-13-5-6-13)22-11-3-2-4-18(22)23/h2-4,8-9,11-13,16H,5-7,10H2,1H3,(H,21,24). The zero-order valence-corrected chi connectivity index (χ0v) is 14.1. The SMILES string of the molecule is CNC(=O)Oc1cc(C(CCC2CC2)n2ccccc2=O)ccc1F. The molecule has 1 unspecified atom stereocenters. The summed E-state index contributed by atoms with van der Waals surface area (Å²) < 4.78 is 20.6. The van der Waals surface area contributed by atoms with E-state index < -0.39 is 11.9 Å². The summed E-state index contributed by atoms with van der Waals surface area (Å²) >= 11 is 0. The topological polar surface area (TPSA) is 60.3 Å². The zero-order valence-electron chi connectivity index (χ0n) is 14.1. The van der Waals surface area contributed by atoms with Crippen LogP contribution in [0.5, 0.6) is 5.75 Å². The van der Waals surface area contributed by atoms with E-state index in [4.69, 9.17) is 4.74 Å². The van der Waals surface area contributed by atoms with E-state index in [0.29, 0.717) is 5.92 Å². The molecule has 0 bridgehead atoms. The van der Waals surface area contributed by atoms with Crippen LogP contribution in [0.4, 0.5) is 9.18 Å². The first kappa shape index (κ1) is 17.2. The summed E-state index contributed by atoms with van der Waals surface area (Å²) in [5.41, 5.74) is 0.635. The van der Waals surface area contributed by atoms with Crippen LogP contribution in [0.2, 0.25) is 0 Å². The summed E-state index contributed by atoms with van der Waals surface area (Å²) in [7, 11) is 1.41. The lowest BCUT2D eigenvalue weighted by Gasteiger charge is -2.21. The summed E-state index contributed by atoms with van der Waals surface area (Å²) in [4.78, 5) is 23.7. The Labute approximate surface area is 145 Å². The number of carbonyl (C=O) groups excluding carboxylic acids is 1. The van der Waals surface area contributed by atoms with Gasteiger partial charge in [-0.25, -0.2) is 9.18 Å². The van der Waals surface area contributed by atoms with Crippen molar-refractivity contribution in [3.8, 4) is 5.75 Å². The van der Waals surface area contributed by atoms with Gasteiger partial charge in [0.1, 0.15) is 0 Å². The van der Waals surface area contributed by atoms with Crippen molar-refractivity contribution in [3.63, 3.8) is 0 Å². The Bertz CT molecular complexity index is 814. The Morgan fingerprint density at radius 2 is 2.16 bits per heavy atom. The number of carbonyl (C=O) groups is 1. The van der Waals surface area contributed by atoms with E-state index in [2.05, 4.69) is 5.32 Å². The highest BCUT2D eigenvalue weighted by molar-refractivity contribution is 5.70. The normalized spacial score (nSPS) is 14.8. The molecule has 0 saturated heterocycles. The number of amides is 1. The molecule has 25 heavy (non-hydrogen) atoms. The van der Waals surface area contributed by atoms with Crippen molar-refractivity contribution in [1.29, 1.82) is 0 Å². The second-order valence-corrected chi connectivity index (χ2v) is 6.31. The maximum Gasteiger partial charge on any atom is 0.412 e. The van der Waals surface area contributed by atoms with Crippen molar-refractivity contribution >= 4 is 6.09 Å². The predicted octanol–water partition coefficient (Wildman–Crippen LogP) is 3.49. The Morgan fingerprint density at radius 3 is 2.84 bits per heavy atom. The van der Waals surface area contributed by atoms with Crippen molar-refractivity contribution in [1.82, 2.24) is 9.88 Å². The first-order chi connectivity index (χ1) is 12.1. The van der Waals surface area contributed by atoms with Gasteiger partial charge >= 0.3 is 6.09 Å². The third-order valence-corrected chi connectivity index (χ3v) is 4.48. The van der Waals surface area contributed by atoms with Gasteiger partial charge in [0.2, 0.25) is 0 Å². The van der Waals surface area contributed by atoms with Crippen molar-refractivity contribution < 1.29 is 13.9 Å². The van der Waals surface area contributed by atoms with Gasteiger partial charge in [-0.15, -0.1) is 0 Å². The molecule has 5 nitrogen and oxygen atoms in total. The maximum absolute atomic E-state index is 14.0. The van der Waals surface area contributed by atoms with Crippen molar-refractivity contribution in [2.75, 3.05) is 7.05 Å². The summed E-state index contributed by atoms with van der Waals surface area (Å²) in [6.07, 6.45) is 5.25. The van der Waals surface area contributed by atoms with E-state index in [-0.39, 0.29) is 17.4 Å². The van der Waals surface area contributed by atoms with Crippen molar-refractivity contribution in [2.24, 2.45) is 5.92 Å². The number of halogens is 1. The summed E-state index contributed by atoms with van der Waals surface area (Å²) in [6, 6.07) is 9.20. The van der Waals surface area contributed by atoms with Crippen LogP contribution in [-0.2, 0) is 0 Å². The maximum atomic E-state index is 14.0. The smallest absolute Gasteiger partial charge is 0.407 e. The molecule has 1 aliphatic carbocycles. The van der Waals surface area contributed by atoms with Gasteiger partial charge in [0.05, 0.1) is 6.04 Å². The lowest BCUT2D eigenvalue weighted by Crippen LogP contribution is -2.25. The number of benzene rings is 1. The van der Waals surface area contributed by atoms with Gasteiger partial charge in [-0.2, -0.15) is 0 Å². The quantitative estimate of drug-likeness (QED) is 0.873. The van der Waals surface area contributed by atoms with E-state index in [1.165, 1.54) is 38.1 Å². The molecule has 1 atom stereocenters. The lowest BCUT2D eigenvalue weighted by molar-refractivity contribution is 0.200. The van der Waals surface area contributed by atoms with Crippen molar-refractivity contribution in [3.05, 3.63) is 64.3 Å².